The molecule has 0 fully saturated rings. The summed E-state index contributed by atoms with van der Waals surface area (Å²) in [7, 11) is 0. The third-order valence-electron chi connectivity index (χ3n) is 3.97. The van der Waals surface area contributed by atoms with Crippen LogP contribution in [-0.4, -0.2) is 35.7 Å². The van der Waals surface area contributed by atoms with Gasteiger partial charge in [0.1, 0.15) is 0 Å². The predicted molar refractivity (Wildman–Crippen MR) is 91.4 cm³/mol. The zero-order valence-corrected chi connectivity index (χ0v) is 13.9. The number of anilines is 1. The number of rotatable bonds is 6. The highest BCUT2D eigenvalue weighted by molar-refractivity contribution is 5.94. The topological polar surface area (TPSA) is 63.7 Å². The summed E-state index contributed by atoms with van der Waals surface area (Å²) in [4.78, 5) is 18.3. The average molecular weight is 327 g/mol. The van der Waals surface area contributed by atoms with Gasteiger partial charge in [0.2, 0.25) is 6.79 Å². The Labute approximate surface area is 141 Å². The summed E-state index contributed by atoms with van der Waals surface area (Å²) < 4.78 is 10.7. The molecule has 1 aliphatic heterocycles. The minimum Gasteiger partial charge on any atom is -0.454 e. The van der Waals surface area contributed by atoms with Gasteiger partial charge >= 0.3 is 0 Å². The van der Waals surface area contributed by atoms with Crippen molar-refractivity contribution in [1.29, 1.82) is 0 Å². The molecule has 3 rings (SSSR count). The monoisotopic (exact) mass is 327 g/mol. The Morgan fingerprint density at radius 1 is 1.17 bits per heavy atom. The first-order chi connectivity index (χ1) is 11.7. The Balaban J connectivity index is 1.67. The molecule has 6 heteroatoms. The van der Waals surface area contributed by atoms with Crippen molar-refractivity contribution in [2.75, 3.05) is 25.2 Å². The molecule has 2 aromatic rings. The second-order valence-electron chi connectivity index (χ2n) is 5.48. The molecule has 0 radical (unpaired) electrons. The van der Waals surface area contributed by atoms with Crippen LogP contribution in [0.1, 0.15) is 29.8 Å². The largest absolute Gasteiger partial charge is 0.454 e. The fourth-order valence-electron chi connectivity index (χ4n) is 2.60. The number of aromatic nitrogens is 1. The van der Waals surface area contributed by atoms with Crippen molar-refractivity contribution in [3.63, 3.8) is 0 Å². The van der Waals surface area contributed by atoms with E-state index in [0.717, 1.165) is 22.7 Å². The van der Waals surface area contributed by atoms with E-state index < -0.39 is 0 Å². The van der Waals surface area contributed by atoms with Crippen LogP contribution >= 0.6 is 0 Å². The number of amides is 1. The lowest BCUT2D eigenvalue weighted by Crippen LogP contribution is -2.30. The van der Waals surface area contributed by atoms with E-state index in [9.17, 15) is 4.79 Å². The van der Waals surface area contributed by atoms with Gasteiger partial charge in [-0.2, -0.15) is 0 Å². The highest BCUT2D eigenvalue weighted by atomic mass is 16.7. The van der Waals surface area contributed by atoms with Crippen LogP contribution in [0.4, 0.5) is 5.69 Å². The zero-order valence-electron chi connectivity index (χ0n) is 13.9. The molecule has 2 heterocycles. The lowest BCUT2D eigenvalue weighted by molar-refractivity contribution is 0.0772. The number of hydrogen-bond acceptors (Lipinski definition) is 5. The van der Waals surface area contributed by atoms with Crippen molar-refractivity contribution in [2.24, 2.45) is 0 Å². The summed E-state index contributed by atoms with van der Waals surface area (Å²) in [6, 6.07) is 7.67. The summed E-state index contributed by atoms with van der Waals surface area (Å²) >= 11 is 0. The van der Waals surface area contributed by atoms with E-state index in [0.29, 0.717) is 25.2 Å². The van der Waals surface area contributed by atoms with Gasteiger partial charge in [-0.25, -0.2) is 0 Å². The fourth-order valence-corrected chi connectivity index (χ4v) is 2.60. The number of carbonyl (C=O) groups is 1. The van der Waals surface area contributed by atoms with Gasteiger partial charge in [0, 0.05) is 32.0 Å². The van der Waals surface area contributed by atoms with Crippen molar-refractivity contribution in [3.05, 3.63) is 47.8 Å². The first-order valence-electron chi connectivity index (χ1n) is 8.08. The van der Waals surface area contributed by atoms with Gasteiger partial charge in [0.25, 0.3) is 5.91 Å². The van der Waals surface area contributed by atoms with Crippen molar-refractivity contribution >= 4 is 11.6 Å². The molecule has 6 nitrogen and oxygen atoms in total. The van der Waals surface area contributed by atoms with Gasteiger partial charge in [-0.15, -0.1) is 0 Å². The molecule has 0 atom stereocenters. The molecule has 0 aliphatic carbocycles. The van der Waals surface area contributed by atoms with Crippen LogP contribution in [0.25, 0.3) is 0 Å². The summed E-state index contributed by atoms with van der Waals surface area (Å²) in [6.45, 7) is 6.19. The van der Waals surface area contributed by atoms with Gasteiger partial charge in [-0.05, 0) is 37.6 Å². The van der Waals surface area contributed by atoms with E-state index in [-0.39, 0.29) is 12.7 Å². The third kappa shape index (κ3) is 3.42. The lowest BCUT2D eigenvalue weighted by atomic mass is 10.2. The number of carbonyl (C=O) groups excluding carboxylic acids is 1. The van der Waals surface area contributed by atoms with Gasteiger partial charge in [0.05, 0.1) is 11.3 Å². The minimum atomic E-state index is -0.000713. The third-order valence-corrected chi connectivity index (χ3v) is 3.97. The maximum atomic E-state index is 12.4. The van der Waals surface area contributed by atoms with Gasteiger partial charge in [-0.1, -0.05) is 6.07 Å². The van der Waals surface area contributed by atoms with Gasteiger partial charge in [-0.3, -0.25) is 9.78 Å². The van der Waals surface area contributed by atoms with Crippen molar-refractivity contribution in [3.8, 4) is 11.5 Å². The Bertz CT molecular complexity index is 729. The molecule has 1 amide bonds. The van der Waals surface area contributed by atoms with Gasteiger partial charge in [0.15, 0.2) is 11.5 Å². The number of hydrogen-bond donors (Lipinski definition) is 1. The smallest absolute Gasteiger partial charge is 0.255 e. The highest BCUT2D eigenvalue weighted by Gasteiger charge is 2.14. The molecule has 1 aromatic heterocycles. The highest BCUT2D eigenvalue weighted by Crippen LogP contribution is 2.32. The minimum absolute atomic E-state index is 0.000713. The molecule has 0 unspecified atom stereocenters. The van der Waals surface area contributed by atoms with Crippen LogP contribution < -0.4 is 14.8 Å². The van der Waals surface area contributed by atoms with Crippen LogP contribution in [-0.2, 0) is 6.54 Å². The molecule has 1 aromatic carbocycles. The number of benzene rings is 1. The Morgan fingerprint density at radius 3 is 2.75 bits per heavy atom. The lowest BCUT2D eigenvalue weighted by Gasteiger charge is -2.18. The first-order valence-corrected chi connectivity index (χ1v) is 8.08. The van der Waals surface area contributed by atoms with Crippen molar-refractivity contribution in [1.82, 2.24) is 9.88 Å². The van der Waals surface area contributed by atoms with E-state index in [1.54, 1.807) is 17.3 Å². The van der Waals surface area contributed by atoms with Crippen LogP contribution in [0.2, 0.25) is 0 Å². The molecule has 0 spiro atoms. The maximum Gasteiger partial charge on any atom is 0.255 e. The molecular weight excluding hydrogens is 306 g/mol. The molecular formula is C18H21N3O3. The number of ether oxygens (including phenoxy) is 2. The number of nitrogens with zero attached hydrogens (tertiary/aromatic N) is 2. The number of pyridine rings is 1. The van der Waals surface area contributed by atoms with E-state index in [2.05, 4.69) is 10.3 Å². The van der Waals surface area contributed by atoms with Gasteiger partial charge < -0.3 is 19.7 Å². The van der Waals surface area contributed by atoms with Crippen LogP contribution in [0.5, 0.6) is 11.5 Å². The zero-order chi connectivity index (χ0) is 16.9. The second kappa shape index (κ2) is 7.21. The van der Waals surface area contributed by atoms with E-state index in [1.807, 2.05) is 38.1 Å². The summed E-state index contributed by atoms with van der Waals surface area (Å²) in [5.41, 5.74) is 2.47. The standard InChI is InChI=1S/C18H21N3O3/c1-3-21(4-2)18(22)14-8-15(11-19-10-14)20-9-13-5-6-16-17(7-13)24-12-23-16/h5-8,10-11,20H,3-4,9,12H2,1-2H3. The summed E-state index contributed by atoms with van der Waals surface area (Å²) in [5.74, 6) is 1.53. The van der Waals surface area contributed by atoms with E-state index in [4.69, 9.17) is 9.47 Å². The number of fused-ring (bicyclic) bond motifs is 1. The maximum absolute atomic E-state index is 12.4. The molecule has 1 aliphatic rings. The summed E-state index contributed by atoms with van der Waals surface area (Å²) in [5, 5.41) is 3.29. The molecule has 0 saturated carbocycles. The van der Waals surface area contributed by atoms with Crippen LogP contribution in [0.3, 0.4) is 0 Å². The predicted octanol–water partition coefficient (Wildman–Crippen LogP) is 2.90. The van der Waals surface area contributed by atoms with Crippen molar-refractivity contribution < 1.29 is 14.3 Å². The molecule has 0 saturated heterocycles. The van der Waals surface area contributed by atoms with E-state index in [1.165, 1.54) is 0 Å². The molecule has 1 N–H and O–H groups in total. The van der Waals surface area contributed by atoms with E-state index >= 15 is 0 Å². The molecule has 24 heavy (non-hydrogen) atoms. The fraction of sp³-hybridized carbons (Fsp3) is 0.333. The van der Waals surface area contributed by atoms with Crippen LogP contribution in [0.15, 0.2) is 36.7 Å². The first kappa shape index (κ1) is 16.1. The normalized spacial score (nSPS) is 12.1. The summed E-state index contributed by atoms with van der Waals surface area (Å²) in [6.07, 6.45) is 3.32. The number of nitrogens with one attached hydrogen (secondary N) is 1. The Morgan fingerprint density at radius 2 is 1.96 bits per heavy atom. The quantitative estimate of drug-likeness (QED) is 0.884. The molecule has 0 bridgehead atoms. The molecule has 126 valence electrons. The second-order valence-corrected chi connectivity index (χ2v) is 5.48. The van der Waals surface area contributed by atoms with Crippen LogP contribution in [0, 0.1) is 0 Å². The Hall–Kier alpha value is -2.76. The SMILES string of the molecule is CCN(CC)C(=O)c1cncc(NCc2ccc3c(c2)OCO3)c1. The van der Waals surface area contributed by atoms with Crippen molar-refractivity contribution in [2.45, 2.75) is 20.4 Å². The Kier molecular flexibility index (Phi) is 4.84. The average Bonchev–Trinajstić information content (AvgIpc) is 3.09.